The van der Waals surface area contributed by atoms with Gasteiger partial charge in [0.25, 0.3) is 5.91 Å². The van der Waals surface area contributed by atoms with Crippen molar-refractivity contribution in [2.75, 3.05) is 18.5 Å². The first-order chi connectivity index (χ1) is 16.9. The Morgan fingerprint density at radius 2 is 1.60 bits per heavy atom. The standard InChI is InChI=1S/C26H26N2O6S/c1-3-33-26(32)25-21(14-22(35-25)19-12-8-5-9-13-19)28-23(30)16-34-24(31)15-20(27-17(2)29)18-10-6-4-7-11-18/h4-14,20H,3,15-16H2,1-2H3,(H,27,29)(H,28,30)/t20-/m0/s1. The molecule has 0 aliphatic carbocycles. The summed E-state index contributed by atoms with van der Waals surface area (Å²) < 4.78 is 10.2. The summed E-state index contributed by atoms with van der Waals surface area (Å²) in [4.78, 5) is 49.9. The molecule has 9 heteroatoms. The molecular weight excluding hydrogens is 468 g/mol. The lowest BCUT2D eigenvalue weighted by molar-refractivity contribution is -0.148. The van der Waals surface area contributed by atoms with Gasteiger partial charge in [0, 0.05) is 11.8 Å². The van der Waals surface area contributed by atoms with Crippen LogP contribution >= 0.6 is 11.3 Å². The summed E-state index contributed by atoms with van der Waals surface area (Å²) in [6.45, 7) is 2.71. The van der Waals surface area contributed by atoms with Gasteiger partial charge in [0.05, 0.1) is 24.8 Å². The highest BCUT2D eigenvalue weighted by molar-refractivity contribution is 7.18. The molecule has 2 aromatic carbocycles. The van der Waals surface area contributed by atoms with Crippen molar-refractivity contribution >= 4 is 40.8 Å². The molecule has 3 aromatic rings. The van der Waals surface area contributed by atoms with E-state index >= 15 is 0 Å². The first kappa shape index (κ1) is 25.6. The minimum atomic E-state index is -0.649. The van der Waals surface area contributed by atoms with E-state index in [4.69, 9.17) is 9.47 Å². The first-order valence-electron chi connectivity index (χ1n) is 11.0. The van der Waals surface area contributed by atoms with E-state index in [1.807, 2.05) is 36.4 Å². The summed E-state index contributed by atoms with van der Waals surface area (Å²) in [5.41, 5.74) is 1.92. The van der Waals surface area contributed by atoms with E-state index in [1.165, 1.54) is 18.3 Å². The number of nitrogens with one attached hydrogen (secondary N) is 2. The summed E-state index contributed by atoms with van der Waals surface area (Å²) >= 11 is 1.20. The predicted molar refractivity (Wildman–Crippen MR) is 133 cm³/mol. The summed E-state index contributed by atoms with van der Waals surface area (Å²) in [6, 6.07) is 19.5. The maximum absolute atomic E-state index is 12.5. The minimum absolute atomic E-state index is 0.137. The highest BCUT2D eigenvalue weighted by atomic mass is 32.1. The molecule has 0 bridgehead atoms. The number of ether oxygens (including phenoxy) is 2. The molecule has 8 nitrogen and oxygen atoms in total. The van der Waals surface area contributed by atoms with Gasteiger partial charge in [-0.25, -0.2) is 4.79 Å². The topological polar surface area (TPSA) is 111 Å². The van der Waals surface area contributed by atoms with Crippen LogP contribution < -0.4 is 10.6 Å². The van der Waals surface area contributed by atoms with Gasteiger partial charge < -0.3 is 20.1 Å². The van der Waals surface area contributed by atoms with Crippen molar-refractivity contribution in [3.63, 3.8) is 0 Å². The number of thiophene rings is 1. The fourth-order valence-electron chi connectivity index (χ4n) is 3.32. The number of hydrogen-bond donors (Lipinski definition) is 2. The van der Waals surface area contributed by atoms with Crippen LogP contribution in [0.15, 0.2) is 66.7 Å². The summed E-state index contributed by atoms with van der Waals surface area (Å²) in [5, 5.41) is 5.35. The number of hydrogen-bond acceptors (Lipinski definition) is 7. The average molecular weight is 495 g/mol. The Kier molecular flexibility index (Phi) is 9.14. The van der Waals surface area contributed by atoms with Crippen LogP contribution in [0.2, 0.25) is 0 Å². The minimum Gasteiger partial charge on any atom is -0.462 e. The molecule has 1 heterocycles. The lowest BCUT2D eigenvalue weighted by Crippen LogP contribution is -2.29. The van der Waals surface area contributed by atoms with Gasteiger partial charge in [-0.15, -0.1) is 11.3 Å². The molecule has 3 rings (SSSR count). The van der Waals surface area contributed by atoms with Crippen LogP contribution in [0, 0.1) is 0 Å². The van der Waals surface area contributed by atoms with Gasteiger partial charge in [-0.3, -0.25) is 14.4 Å². The van der Waals surface area contributed by atoms with Crippen LogP contribution in [0.25, 0.3) is 10.4 Å². The zero-order chi connectivity index (χ0) is 25.2. The Bertz CT molecular complexity index is 1180. The molecule has 0 fully saturated rings. The fraction of sp³-hybridized carbons (Fsp3) is 0.231. The Balaban J connectivity index is 1.65. The average Bonchev–Trinajstić information content (AvgIpc) is 3.27. The predicted octanol–water partition coefficient (Wildman–Crippen LogP) is 4.34. The van der Waals surface area contributed by atoms with Crippen molar-refractivity contribution in [2.45, 2.75) is 26.3 Å². The molecule has 2 N–H and O–H groups in total. The summed E-state index contributed by atoms with van der Waals surface area (Å²) in [6.07, 6.45) is -0.137. The number of rotatable bonds is 10. The fourth-order valence-corrected chi connectivity index (χ4v) is 4.33. The molecule has 0 aliphatic rings. The first-order valence-corrected chi connectivity index (χ1v) is 11.8. The highest BCUT2D eigenvalue weighted by Gasteiger charge is 2.22. The van der Waals surface area contributed by atoms with Crippen molar-refractivity contribution in [1.29, 1.82) is 0 Å². The molecule has 35 heavy (non-hydrogen) atoms. The molecule has 2 amide bonds. The van der Waals surface area contributed by atoms with Gasteiger partial charge in [0.1, 0.15) is 4.88 Å². The maximum atomic E-state index is 12.5. The zero-order valence-electron chi connectivity index (χ0n) is 19.4. The van der Waals surface area contributed by atoms with Crippen LogP contribution in [0.1, 0.15) is 41.5 Å². The number of esters is 2. The van der Waals surface area contributed by atoms with Crippen molar-refractivity contribution in [3.8, 4) is 10.4 Å². The van der Waals surface area contributed by atoms with E-state index in [-0.39, 0.29) is 29.5 Å². The van der Waals surface area contributed by atoms with Crippen LogP contribution in [0.4, 0.5) is 5.69 Å². The normalized spacial score (nSPS) is 11.3. The second-order valence-electron chi connectivity index (χ2n) is 7.52. The zero-order valence-corrected chi connectivity index (χ0v) is 20.2. The van der Waals surface area contributed by atoms with Gasteiger partial charge >= 0.3 is 11.9 Å². The highest BCUT2D eigenvalue weighted by Crippen LogP contribution is 2.35. The third-order valence-corrected chi connectivity index (χ3v) is 6.00. The van der Waals surface area contributed by atoms with Crippen LogP contribution in [0.3, 0.4) is 0 Å². The van der Waals surface area contributed by atoms with Crippen LogP contribution in [0.5, 0.6) is 0 Å². The lowest BCUT2D eigenvalue weighted by atomic mass is 10.0. The van der Waals surface area contributed by atoms with E-state index in [1.54, 1.807) is 37.3 Å². The van der Waals surface area contributed by atoms with Crippen molar-refractivity contribution in [1.82, 2.24) is 5.32 Å². The molecule has 0 saturated carbocycles. The molecular formula is C26H26N2O6S. The smallest absolute Gasteiger partial charge is 0.350 e. The third-order valence-electron chi connectivity index (χ3n) is 4.84. The Labute approximate surface area is 207 Å². The molecule has 0 radical (unpaired) electrons. The van der Waals surface area contributed by atoms with Gasteiger partial charge in [0.15, 0.2) is 6.61 Å². The SMILES string of the molecule is CCOC(=O)c1sc(-c2ccccc2)cc1NC(=O)COC(=O)C[C@H](NC(C)=O)c1ccccc1. The molecule has 1 aromatic heterocycles. The van der Waals surface area contributed by atoms with E-state index in [0.29, 0.717) is 0 Å². The number of carbonyl (C=O) groups excluding carboxylic acids is 4. The van der Waals surface area contributed by atoms with E-state index < -0.39 is 30.5 Å². The molecule has 182 valence electrons. The Morgan fingerprint density at radius 1 is 0.943 bits per heavy atom. The van der Waals surface area contributed by atoms with Gasteiger partial charge in [-0.05, 0) is 24.1 Å². The maximum Gasteiger partial charge on any atom is 0.350 e. The second kappa shape index (κ2) is 12.5. The van der Waals surface area contributed by atoms with E-state index in [2.05, 4.69) is 10.6 Å². The molecule has 0 aliphatic heterocycles. The van der Waals surface area contributed by atoms with Crippen molar-refractivity contribution in [2.24, 2.45) is 0 Å². The largest absolute Gasteiger partial charge is 0.462 e. The van der Waals surface area contributed by atoms with E-state index in [0.717, 1.165) is 16.0 Å². The quantitative estimate of drug-likeness (QED) is 0.406. The van der Waals surface area contributed by atoms with Crippen LogP contribution in [-0.2, 0) is 23.9 Å². The lowest BCUT2D eigenvalue weighted by Gasteiger charge is -2.17. The Hall–Kier alpha value is -3.98. The van der Waals surface area contributed by atoms with Crippen molar-refractivity contribution < 1.29 is 28.7 Å². The monoisotopic (exact) mass is 494 g/mol. The number of carbonyl (C=O) groups is 4. The molecule has 0 saturated heterocycles. The summed E-state index contributed by atoms with van der Waals surface area (Å²) in [7, 11) is 0. The number of benzene rings is 2. The van der Waals surface area contributed by atoms with Gasteiger partial charge in [-0.2, -0.15) is 0 Å². The third kappa shape index (κ3) is 7.51. The number of anilines is 1. The molecule has 1 atom stereocenters. The summed E-state index contributed by atoms with van der Waals surface area (Å²) in [5.74, 6) is -2.09. The van der Waals surface area contributed by atoms with Gasteiger partial charge in [-0.1, -0.05) is 60.7 Å². The van der Waals surface area contributed by atoms with Crippen molar-refractivity contribution in [3.05, 3.63) is 77.2 Å². The van der Waals surface area contributed by atoms with Crippen LogP contribution in [-0.4, -0.2) is 37.0 Å². The Morgan fingerprint density at radius 3 is 2.23 bits per heavy atom. The molecule has 0 unspecified atom stereocenters. The second-order valence-corrected chi connectivity index (χ2v) is 8.57. The van der Waals surface area contributed by atoms with Gasteiger partial charge in [0.2, 0.25) is 5.91 Å². The number of amides is 2. The van der Waals surface area contributed by atoms with E-state index in [9.17, 15) is 19.2 Å². The molecule has 0 spiro atoms.